The maximum Gasteiger partial charge on any atom is 0.337 e. The minimum atomic E-state index is -0.634. The highest BCUT2D eigenvalue weighted by molar-refractivity contribution is 6.04. The second-order valence-electron chi connectivity index (χ2n) is 10.3. The molecule has 1 aliphatic carbocycles. The summed E-state index contributed by atoms with van der Waals surface area (Å²) in [7, 11) is 1.63. The Kier molecular flexibility index (Phi) is 6.82. The molecule has 2 aliphatic heterocycles. The maximum absolute atomic E-state index is 13.8. The van der Waals surface area contributed by atoms with Crippen molar-refractivity contribution in [2.24, 2.45) is 0 Å². The molecule has 3 aliphatic rings. The zero-order chi connectivity index (χ0) is 26.2. The van der Waals surface area contributed by atoms with Crippen molar-refractivity contribution in [1.82, 2.24) is 5.32 Å². The first-order valence-corrected chi connectivity index (χ1v) is 12.8. The van der Waals surface area contributed by atoms with Gasteiger partial charge in [0, 0.05) is 48.1 Å². The summed E-state index contributed by atoms with van der Waals surface area (Å²) in [6.07, 6.45) is 2.13. The second-order valence-corrected chi connectivity index (χ2v) is 10.3. The number of carbonyl (C=O) groups excluding carboxylic acids is 2. The van der Waals surface area contributed by atoms with E-state index in [4.69, 9.17) is 14.2 Å². The molecule has 2 aromatic carbocycles. The molecule has 0 aromatic heterocycles. The van der Waals surface area contributed by atoms with Crippen LogP contribution < -0.4 is 10.1 Å². The lowest BCUT2D eigenvalue weighted by molar-refractivity contribution is -0.162. The minimum absolute atomic E-state index is 0.0342. The van der Waals surface area contributed by atoms with E-state index in [0.29, 0.717) is 61.3 Å². The molecule has 2 N–H and O–H groups in total. The number of Topliss-reactive ketones (excluding diaryl/α,β-unsaturated/α-hetero) is 1. The number of methoxy groups -OCH3 is 1. The molecule has 2 unspecified atom stereocenters. The highest BCUT2D eigenvalue weighted by atomic mass is 16.6. The summed E-state index contributed by atoms with van der Waals surface area (Å²) in [4.78, 5) is 27.5. The van der Waals surface area contributed by atoms with Gasteiger partial charge < -0.3 is 24.6 Å². The number of phenolic OH excluding ortho intramolecular Hbond substituents is 1. The van der Waals surface area contributed by atoms with Crippen molar-refractivity contribution in [3.63, 3.8) is 0 Å². The van der Waals surface area contributed by atoms with Crippen LogP contribution in [0.1, 0.15) is 62.5 Å². The topological polar surface area (TPSA) is 94.1 Å². The van der Waals surface area contributed by atoms with E-state index in [0.717, 1.165) is 17.0 Å². The number of dihydropyridines is 1. The van der Waals surface area contributed by atoms with E-state index in [9.17, 15) is 14.7 Å². The fourth-order valence-electron chi connectivity index (χ4n) is 5.75. The number of ketones is 1. The first-order valence-electron chi connectivity index (χ1n) is 12.8. The Morgan fingerprint density at radius 3 is 2.59 bits per heavy atom. The van der Waals surface area contributed by atoms with E-state index in [1.54, 1.807) is 25.3 Å². The van der Waals surface area contributed by atoms with Gasteiger partial charge in [0.2, 0.25) is 0 Å². The molecular weight excluding hydrogens is 470 g/mol. The van der Waals surface area contributed by atoms with Crippen molar-refractivity contribution in [3.05, 3.63) is 82.2 Å². The van der Waals surface area contributed by atoms with Gasteiger partial charge in [-0.2, -0.15) is 0 Å². The molecule has 194 valence electrons. The number of para-hydroxylation sites is 1. The number of aromatic hydroxyl groups is 1. The molecule has 37 heavy (non-hydrogen) atoms. The third kappa shape index (κ3) is 4.88. The van der Waals surface area contributed by atoms with Gasteiger partial charge in [0.25, 0.3) is 0 Å². The zero-order valence-corrected chi connectivity index (χ0v) is 21.5. The van der Waals surface area contributed by atoms with Crippen molar-refractivity contribution < 1.29 is 28.9 Å². The Morgan fingerprint density at radius 1 is 1.11 bits per heavy atom. The van der Waals surface area contributed by atoms with Gasteiger partial charge in [-0.15, -0.1) is 0 Å². The van der Waals surface area contributed by atoms with Crippen LogP contribution in [0, 0.1) is 0 Å². The first-order chi connectivity index (χ1) is 17.8. The summed E-state index contributed by atoms with van der Waals surface area (Å²) >= 11 is 0. The van der Waals surface area contributed by atoms with E-state index < -0.39 is 17.5 Å². The van der Waals surface area contributed by atoms with Crippen LogP contribution in [0.2, 0.25) is 0 Å². The van der Waals surface area contributed by atoms with Gasteiger partial charge >= 0.3 is 5.97 Å². The Morgan fingerprint density at radius 2 is 1.86 bits per heavy atom. The molecule has 2 aromatic rings. The lowest BCUT2D eigenvalue weighted by Gasteiger charge is -2.39. The van der Waals surface area contributed by atoms with Gasteiger partial charge in [-0.1, -0.05) is 30.3 Å². The number of phenols is 1. The van der Waals surface area contributed by atoms with E-state index in [1.807, 2.05) is 44.2 Å². The van der Waals surface area contributed by atoms with Gasteiger partial charge in [-0.25, -0.2) is 4.79 Å². The predicted molar refractivity (Wildman–Crippen MR) is 138 cm³/mol. The van der Waals surface area contributed by atoms with Gasteiger partial charge in [-0.3, -0.25) is 4.79 Å². The normalized spacial score (nSPS) is 23.3. The van der Waals surface area contributed by atoms with Gasteiger partial charge in [0.1, 0.15) is 17.1 Å². The van der Waals surface area contributed by atoms with Gasteiger partial charge in [-0.05, 0) is 49.6 Å². The van der Waals surface area contributed by atoms with Crippen molar-refractivity contribution in [1.29, 1.82) is 0 Å². The molecule has 2 heterocycles. The van der Waals surface area contributed by atoms with Crippen LogP contribution in [0.15, 0.2) is 71.1 Å². The molecule has 7 heteroatoms. The molecule has 7 nitrogen and oxygen atoms in total. The third-order valence-electron chi connectivity index (χ3n) is 7.72. The van der Waals surface area contributed by atoms with Crippen LogP contribution in [-0.2, 0) is 19.1 Å². The molecule has 1 saturated heterocycles. The number of esters is 1. The van der Waals surface area contributed by atoms with Crippen LogP contribution in [0.25, 0.3) is 0 Å². The van der Waals surface area contributed by atoms with E-state index >= 15 is 0 Å². The third-order valence-corrected chi connectivity index (χ3v) is 7.72. The van der Waals surface area contributed by atoms with Crippen LogP contribution in [0.5, 0.6) is 11.5 Å². The van der Waals surface area contributed by atoms with Crippen molar-refractivity contribution in [2.45, 2.75) is 57.0 Å². The van der Waals surface area contributed by atoms with Crippen molar-refractivity contribution in [2.75, 3.05) is 20.3 Å². The number of hydrogen-bond acceptors (Lipinski definition) is 7. The minimum Gasteiger partial charge on any atom is -0.508 e. The monoisotopic (exact) mass is 503 g/mol. The van der Waals surface area contributed by atoms with Crippen LogP contribution in [0.3, 0.4) is 0 Å². The van der Waals surface area contributed by atoms with E-state index in [-0.39, 0.29) is 17.5 Å². The molecule has 2 atom stereocenters. The Labute approximate surface area is 217 Å². The van der Waals surface area contributed by atoms with Crippen molar-refractivity contribution >= 4 is 11.8 Å². The lowest BCUT2D eigenvalue weighted by Crippen LogP contribution is -2.41. The molecule has 5 rings (SSSR count). The van der Waals surface area contributed by atoms with E-state index in [2.05, 4.69) is 5.32 Å². The quantitative estimate of drug-likeness (QED) is 0.562. The van der Waals surface area contributed by atoms with Gasteiger partial charge in [0.05, 0.1) is 25.9 Å². The van der Waals surface area contributed by atoms with Crippen LogP contribution >= 0.6 is 0 Å². The highest BCUT2D eigenvalue weighted by Crippen LogP contribution is 2.47. The average molecular weight is 504 g/mol. The number of carbonyl (C=O) groups is 2. The second kappa shape index (κ2) is 10.1. The molecule has 0 amide bonds. The number of allylic oxidation sites excluding steroid dienone is 3. The van der Waals surface area contributed by atoms with Crippen molar-refractivity contribution in [3.8, 4) is 11.5 Å². The van der Waals surface area contributed by atoms with Gasteiger partial charge in [0.15, 0.2) is 5.78 Å². The summed E-state index contributed by atoms with van der Waals surface area (Å²) < 4.78 is 17.1. The zero-order valence-electron chi connectivity index (χ0n) is 21.5. The molecule has 0 bridgehead atoms. The summed E-state index contributed by atoms with van der Waals surface area (Å²) in [6, 6.07) is 14.5. The molecule has 1 fully saturated rings. The molecule has 0 spiro atoms. The lowest BCUT2D eigenvalue weighted by atomic mass is 9.71. The first kappa shape index (κ1) is 25.1. The summed E-state index contributed by atoms with van der Waals surface area (Å²) in [5, 5.41) is 13.7. The largest absolute Gasteiger partial charge is 0.508 e. The molecular formula is C30H33NO6. The number of benzene rings is 2. The van der Waals surface area contributed by atoms with Crippen LogP contribution in [0.4, 0.5) is 0 Å². The number of rotatable bonds is 5. The summed E-state index contributed by atoms with van der Waals surface area (Å²) in [6.45, 7) is 4.85. The summed E-state index contributed by atoms with van der Waals surface area (Å²) in [5.41, 5.74) is 3.45. The Balaban J connectivity index is 1.55. The fraction of sp³-hybridized carbons (Fsp3) is 0.400. The fourth-order valence-corrected chi connectivity index (χ4v) is 5.75. The average Bonchev–Trinajstić information content (AvgIpc) is 2.87. The Hall–Kier alpha value is -3.58. The molecule has 0 radical (unpaired) electrons. The number of hydrogen-bond donors (Lipinski definition) is 2. The highest BCUT2D eigenvalue weighted by Gasteiger charge is 2.43. The number of nitrogens with one attached hydrogen (secondary N) is 1. The maximum atomic E-state index is 13.8. The standard InChI is InChI=1S/C30H33NO6/c1-18-26(29(34)37-30(2)11-13-36-14-12-30)27(19-7-6-8-21(32)15-19)28-23(31-18)16-20(17-24(28)33)22-9-4-5-10-25(22)35-3/h4-10,15,20,27,31-32H,11-14,16-17H2,1-3H3. The van der Waals surface area contributed by atoms with Crippen LogP contribution in [-0.4, -0.2) is 42.8 Å². The molecule has 0 saturated carbocycles. The SMILES string of the molecule is COc1ccccc1C1CC(=O)C2=C(C1)NC(C)=C(C(=O)OC1(C)CCOCC1)C2c1cccc(O)c1. The Bertz CT molecular complexity index is 1290. The smallest absolute Gasteiger partial charge is 0.337 e. The predicted octanol–water partition coefficient (Wildman–Crippen LogP) is 4.87. The number of ether oxygens (including phenoxy) is 3. The van der Waals surface area contributed by atoms with E-state index in [1.165, 1.54) is 0 Å². The summed E-state index contributed by atoms with van der Waals surface area (Å²) in [5.74, 6) is -0.337.